The average Bonchev–Trinajstić information content (AvgIpc) is 3.20. The van der Waals surface area contributed by atoms with E-state index >= 15 is 0 Å². The van der Waals surface area contributed by atoms with Crippen LogP contribution < -0.4 is 9.64 Å². The number of rotatable bonds is 6. The van der Waals surface area contributed by atoms with Gasteiger partial charge < -0.3 is 14.7 Å². The minimum atomic E-state index is -0.926. The highest BCUT2D eigenvalue weighted by Gasteiger charge is 2.25. The molecule has 1 atom stereocenters. The Balaban J connectivity index is 1.96. The Hall–Kier alpha value is -3.68. The first-order valence-electron chi connectivity index (χ1n) is 9.33. The highest BCUT2D eigenvalue weighted by Crippen LogP contribution is 2.27. The predicted molar refractivity (Wildman–Crippen MR) is 110 cm³/mol. The van der Waals surface area contributed by atoms with Crippen molar-refractivity contribution in [1.29, 1.82) is 0 Å². The minimum Gasteiger partial charge on any atom is -0.497 e. The summed E-state index contributed by atoms with van der Waals surface area (Å²) in [5, 5.41) is 15.1. The van der Waals surface area contributed by atoms with Crippen molar-refractivity contribution in [3.8, 4) is 17.1 Å². The summed E-state index contributed by atoms with van der Waals surface area (Å²) in [6.07, 6.45) is 0. The lowest BCUT2D eigenvalue weighted by Gasteiger charge is -2.26. The summed E-state index contributed by atoms with van der Waals surface area (Å²) >= 11 is 0. The van der Waals surface area contributed by atoms with Gasteiger partial charge in [0.2, 0.25) is 5.95 Å². The number of likely N-dealkylation sites (N-methyl/N-ethyl adjacent to an activating group) is 1. The van der Waals surface area contributed by atoms with Gasteiger partial charge in [0.1, 0.15) is 11.8 Å². The fraction of sp³-hybridized carbons (Fsp3) is 0.238. The number of fused-ring (bicyclic) bond motifs is 3. The molecule has 0 fully saturated rings. The van der Waals surface area contributed by atoms with Crippen LogP contribution in [0.15, 0.2) is 48.5 Å². The molecular weight excluding hydrogens is 370 g/mol. The molecule has 4 rings (SSSR count). The Morgan fingerprint density at radius 3 is 2.55 bits per heavy atom. The van der Waals surface area contributed by atoms with E-state index in [-0.39, 0.29) is 0 Å². The largest absolute Gasteiger partial charge is 0.497 e. The molecule has 1 N–H and O–H groups in total. The molecule has 0 aliphatic carbocycles. The molecule has 0 spiro atoms. The molecule has 0 unspecified atom stereocenters. The van der Waals surface area contributed by atoms with Gasteiger partial charge in [-0.15, -0.1) is 5.10 Å². The minimum absolute atomic E-state index is 0.448. The number of carbonyl (C=O) groups is 1. The third kappa shape index (κ3) is 3.22. The number of carboxylic acids is 1. The zero-order valence-electron chi connectivity index (χ0n) is 16.4. The number of aliphatic carboxylic acids is 1. The number of para-hydroxylation sites is 1. The fourth-order valence-electron chi connectivity index (χ4n) is 3.31. The standard InChI is InChI=1S/C21H21N5O3/c1-4-25(13(2)20(27)28)21-22-17-8-6-5-7-16(17)19-23-18(24-26(19)21)14-9-11-15(29-3)12-10-14/h5-13H,4H2,1-3H3,(H,27,28)/t13-/m1/s1. The molecule has 2 heterocycles. The maximum atomic E-state index is 11.6. The third-order valence-electron chi connectivity index (χ3n) is 4.93. The van der Waals surface area contributed by atoms with Gasteiger partial charge in [-0.25, -0.2) is 14.8 Å². The molecule has 29 heavy (non-hydrogen) atoms. The summed E-state index contributed by atoms with van der Waals surface area (Å²) < 4.78 is 6.85. The van der Waals surface area contributed by atoms with Crippen LogP contribution in [-0.2, 0) is 4.79 Å². The van der Waals surface area contributed by atoms with Crippen LogP contribution >= 0.6 is 0 Å². The Bertz CT molecular complexity index is 1190. The van der Waals surface area contributed by atoms with Crippen molar-refractivity contribution >= 4 is 28.5 Å². The van der Waals surface area contributed by atoms with Gasteiger partial charge in [-0.2, -0.15) is 4.52 Å². The summed E-state index contributed by atoms with van der Waals surface area (Å²) in [6.45, 7) is 3.99. The number of methoxy groups -OCH3 is 1. The van der Waals surface area contributed by atoms with Crippen molar-refractivity contribution in [3.05, 3.63) is 48.5 Å². The molecule has 0 radical (unpaired) electrons. The maximum Gasteiger partial charge on any atom is 0.326 e. The molecule has 0 bridgehead atoms. The molecule has 0 aliphatic rings. The SMILES string of the molecule is CCN(c1nc2ccccc2c2nc(-c3ccc(OC)cc3)nn12)[C@H](C)C(=O)O. The molecule has 2 aromatic heterocycles. The van der Waals surface area contributed by atoms with Gasteiger partial charge in [0, 0.05) is 17.5 Å². The average molecular weight is 391 g/mol. The van der Waals surface area contributed by atoms with Gasteiger partial charge in [-0.3, -0.25) is 0 Å². The number of hydrogen-bond donors (Lipinski definition) is 1. The van der Waals surface area contributed by atoms with Gasteiger partial charge in [0.05, 0.1) is 12.6 Å². The lowest BCUT2D eigenvalue weighted by atomic mass is 10.2. The van der Waals surface area contributed by atoms with E-state index in [1.165, 1.54) is 0 Å². The van der Waals surface area contributed by atoms with Crippen LogP contribution in [-0.4, -0.2) is 50.4 Å². The van der Waals surface area contributed by atoms with Crippen molar-refractivity contribution < 1.29 is 14.6 Å². The normalized spacial score (nSPS) is 12.2. The van der Waals surface area contributed by atoms with Crippen molar-refractivity contribution in [1.82, 2.24) is 19.6 Å². The Morgan fingerprint density at radius 1 is 1.17 bits per heavy atom. The molecule has 0 aliphatic heterocycles. The molecule has 8 nitrogen and oxygen atoms in total. The first kappa shape index (κ1) is 18.7. The number of anilines is 1. The summed E-state index contributed by atoms with van der Waals surface area (Å²) in [5.41, 5.74) is 2.20. The third-order valence-corrected chi connectivity index (χ3v) is 4.93. The van der Waals surface area contributed by atoms with Crippen LogP contribution in [0.1, 0.15) is 13.8 Å². The summed E-state index contributed by atoms with van der Waals surface area (Å²) in [6, 6.07) is 14.4. The van der Waals surface area contributed by atoms with E-state index in [1.54, 1.807) is 23.4 Å². The predicted octanol–water partition coefficient (Wildman–Crippen LogP) is 3.25. The Labute approximate surface area is 167 Å². The number of hydrogen-bond acceptors (Lipinski definition) is 6. The van der Waals surface area contributed by atoms with Crippen LogP contribution in [0.25, 0.3) is 27.9 Å². The molecule has 8 heteroatoms. The van der Waals surface area contributed by atoms with Crippen LogP contribution in [0, 0.1) is 0 Å². The van der Waals surface area contributed by atoms with Crippen LogP contribution in [0.5, 0.6) is 5.75 Å². The van der Waals surface area contributed by atoms with Crippen molar-refractivity contribution in [2.24, 2.45) is 0 Å². The lowest BCUT2D eigenvalue weighted by Crippen LogP contribution is -2.40. The lowest BCUT2D eigenvalue weighted by molar-refractivity contribution is -0.138. The van der Waals surface area contributed by atoms with Gasteiger partial charge in [-0.1, -0.05) is 12.1 Å². The molecule has 148 valence electrons. The first-order chi connectivity index (χ1) is 14.0. The van der Waals surface area contributed by atoms with E-state index in [2.05, 4.69) is 5.10 Å². The molecule has 0 saturated carbocycles. The second-order valence-corrected chi connectivity index (χ2v) is 6.63. The van der Waals surface area contributed by atoms with Crippen LogP contribution in [0.4, 0.5) is 5.95 Å². The number of ether oxygens (including phenoxy) is 1. The first-order valence-corrected chi connectivity index (χ1v) is 9.33. The van der Waals surface area contributed by atoms with Crippen molar-refractivity contribution in [2.75, 3.05) is 18.6 Å². The van der Waals surface area contributed by atoms with Crippen molar-refractivity contribution in [3.63, 3.8) is 0 Å². The van der Waals surface area contributed by atoms with E-state index in [9.17, 15) is 9.90 Å². The van der Waals surface area contributed by atoms with E-state index in [1.807, 2.05) is 55.5 Å². The van der Waals surface area contributed by atoms with Gasteiger partial charge >= 0.3 is 5.97 Å². The zero-order valence-corrected chi connectivity index (χ0v) is 16.4. The highest BCUT2D eigenvalue weighted by atomic mass is 16.5. The Morgan fingerprint density at radius 2 is 1.90 bits per heavy atom. The van der Waals surface area contributed by atoms with E-state index in [4.69, 9.17) is 14.7 Å². The number of carboxylic acid groups (broad SMARTS) is 1. The molecule has 0 saturated heterocycles. The van der Waals surface area contributed by atoms with Gasteiger partial charge in [0.15, 0.2) is 11.5 Å². The number of benzene rings is 2. The summed E-state index contributed by atoms with van der Waals surface area (Å²) in [5.74, 6) is 0.803. The van der Waals surface area contributed by atoms with E-state index < -0.39 is 12.0 Å². The van der Waals surface area contributed by atoms with Crippen LogP contribution in [0.3, 0.4) is 0 Å². The second-order valence-electron chi connectivity index (χ2n) is 6.63. The van der Waals surface area contributed by atoms with Crippen molar-refractivity contribution in [2.45, 2.75) is 19.9 Å². The Kier molecular flexibility index (Phi) is 4.75. The summed E-state index contributed by atoms with van der Waals surface area (Å²) in [4.78, 5) is 22.8. The summed E-state index contributed by atoms with van der Waals surface area (Å²) in [7, 11) is 1.62. The smallest absolute Gasteiger partial charge is 0.326 e. The number of aromatic nitrogens is 4. The fourth-order valence-corrected chi connectivity index (χ4v) is 3.31. The van der Waals surface area contributed by atoms with E-state index in [0.717, 1.165) is 22.2 Å². The van der Waals surface area contributed by atoms with Gasteiger partial charge in [-0.05, 0) is 50.2 Å². The molecule has 0 amide bonds. The topological polar surface area (TPSA) is 92.9 Å². The molecular formula is C21H21N5O3. The maximum absolute atomic E-state index is 11.6. The zero-order chi connectivity index (χ0) is 20.5. The highest BCUT2D eigenvalue weighted by molar-refractivity contribution is 5.93. The molecule has 2 aromatic carbocycles. The van der Waals surface area contributed by atoms with Crippen LogP contribution in [0.2, 0.25) is 0 Å². The monoisotopic (exact) mass is 391 g/mol. The quantitative estimate of drug-likeness (QED) is 0.539. The molecule has 4 aromatic rings. The van der Waals surface area contributed by atoms with Gasteiger partial charge in [0.25, 0.3) is 0 Å². The van der Waals surface area contributed by atoms with E-state index in [0.29, 0.717) is 24.0 Å². The number of nitrogens with zero attached hydrogens (tertiary/aromatic N) is 5. The second kappa shape index (κ2) is 7.38.